The van der Waals surface area contributed by atoms with E-state index < -0.39 is 0 Å². The zero-order valence-electron chi connectivity index (χ0n) is 11.3. The third-order valence-electron chi connectivity index (χ3n) is 2.97. The second kappa shape index (κ2) is 8.61. The van der Waals surface area contributed by atoms with Crippen LogP contribution in [0, 0.1) is 6.92 Å². The van der Waals surface area contributed by atoms with Gasteiger partial charge in [0.2, 0.25) is 0 Å². The highest BCUT2D eigenvalue weighted by atomic mass is 32.1. The first-order valence-corrected chi connectivity index (χ1v) is 7.34. The molecule has 0 fully saturated rings. The van der Waals surface area contributed by atoms with Crippen molar-refractivity contribution < 1.29 is 0 Å². The first kappa shape index (κ1) is 14.6. The molecule has 0 amide bonds. The summed E-state index contributed by atoms with van der Waals surface area (Å²) in [7, 11) is 4.22. The fourth-order valence-corrected chi connectivity index (χ4v) is 2.70. The predicted molar refractivity (Wildman–Crippen MR) is 75.6 cm³/mol. The molecule has 0 saturated carbocycles. The van der Waals surface area contributed by atoms with Crippen LogP contribution in [0.5, 0.6) is 0 Å². The van der Waals surface area contributed by atoms with Gasteiger partial charge in [-0.1, -0.05) is 12.8 Å². The van der Waals surface area contributed by atoms with Crippen molar-refractivity contribution in [3.8, 4) is 0 Å². The van der Waals surface area contributed by atoms with Crippen LogP contribution in [-0.4, -0.2) is 37.1 Å². The largest absolute Gasteiger partial charge is 0.320 e. The Morgan fingerprint density at radius 2 is 2.06 bits per heavy atom. The molecular formula is C13H25N3S. The topological polar surface area (TPSA) is 28.2 Å². The number of rotatable bonds is 9. The molecule has 1 aromatic rings. The highest BCUT2D eigenvalue weighted by Gasteiger charge is 2.04. The van der Waals surface area contributed by atoms with Gasteiger partial charge in [-0.15, -0.1) is 11.3 Å². The van der Waals surface area contributed by atoms with Gasteiger partial charge in [-0.2, -0.15) is 0 Å². The van der Waals surface area contributed by atoms with Gasteiger partial charge in [0.05, 0.1) is 11.2 Å². The monoisotopic (exact) mass is 255 g/mol. The highest BCUT2D eigenvalue weighted by Crippen LogP contribution is 2.14. The average molecular weight is 255 g/mol. The molecule has 98 valence electrons. The molecule has 1 rings (SSSR count). The van der Waals surface area contributed by atoms with Crippen molar-refractivity contribution in [2.24, 2.45) is 0 Å². The maximum atomic E-state index is 4.28. The summed E-state index contributed by atoms with van der Waals surface area (Å²) < 4.78 is 0. The van der Waals surface area contributed by atoms with E-state index in [4.69, 9.17) is 0 Å². The highest BCUT2D eigenvalue weighted by molar-refractivity contribution is 7.09. The van der Waals surface area contributed by atoms with E-state index in [9.17, 15) is 0 Å². The second-order valence-corrected chi connectivity index (χ2v) is 5.56. The molecule has 0 aliphatic carbocycles. The predicted octanol–water partition coefficient (Wildman–Crippen LogP) is 2.66. The number of hydrogen-bond acceptors (Lipinski definition) is 4. The van der Waals surface area contributed by atoms with E-state index >= 15 is 0 Å². The second-order valence-electron chi connectivity index (χ2n) is 4.62. The van der Waals surface area contributed by atoms with E-state index in [1.807, 2.05) is 12.6 Å². The molecule has 0 aliphatic rings. The SMILES string of the molecule is CNCCCCCCN(C)Cc1scnc1C. The maximum Gasteiger partial charge on any atom is 0.0798 e. The molecule has 0 radical (unpaired) electrons. The summed E-state index contributed by atoms with van der Waals surface area (Å²) in [6.45, 7) is 5.48. The lowest BCUT2D eigenvalue weighted by Gasteiger charge is -2.15. The van der Waals surface area contributed by atoms with Crippen LogP contribution >= 0.6 is 11.3 Å². The molecule has 1 N–H and O–H groups in total. The third-order valence-corrected chi connectivity index (χ3v) is 3.89. The van der Waals surface area contributed by atoms with Gasteiger partial charge in [0.1, 0.15) is 0 Å². The molecule has 0 saturated heterocycles. The van der Waals surface area contributed by atoms with E-state index in [1.54, 1.807) is 11.3 Å². The number of unbranched alkanes of at least 4 members (excludes halogenated alkanes) is 3. The van der Waals surface area contributed by atoms with Crippen LogP contribution in [0.4, 0.5) is 0 Å². The van der Waals surface area contributed by atoms with Crippen molar-refractivity contribution in [3.05, 3.63) is 16.1 Å². The van der Waals surface area contributed by atoms with Gasteiger partial charge in [-0.3, -0.25) is 0 Å². The lowest BCUT2D eigenvalue weighted by molar-refractivity contribution is 0.318. The Balaban J connectivity index is 2.05. The lowest BCUT2D eigenvalue weighted by Crippen LogP contribution is -2.19. The molecule has 0 aromatic carbocycles. The minimum atomic E-state index is 1.05. The van der Waals surface area contributed by atoms with Gasteiger partial charge >= 0.3 is 0 Å². The Bertz CT molecular complexity index is 299. The standard InChI is InChI=1S/C13H25N3S/c1-12-13(17-11-15-12)10-16(3)9-7-5-4-6-8-14-2/h11,14H,4-10H2,1-3H3. The molecule has 0 unspecified atom stereocenters. The lowest BCUT2D eigenvalue weighted by atomic mass is 10.2. The number of thiazole rings is 1. The summed E-state index contributed by atoms with van der Waals surface area (Å²) in [5, 5.41) is 3.19. The Morgan fingerprint density at radius 3 is 2.71 bits per heavy atom. The first-order valence-electron chi connectivity index (χ1n) is 6.46. The molecule has 3 nitrogen and oxygen atoms in total. The number of aryl methyl sites for hydroxylation is 1. The smallest absolute Gasteiger partial charge is 0.0798 e. The van der Waals surface area contributed by atoms with Crippen molar-refractivity contribution in [2.45, 2.75) is 39.2 Å². The van der Waals surface area contributed by atoms with Crippen LogP contribution in [-0.2, 0) is 6.54 Å². The summed E-state index contributed by atoms with van der Waals surface area (Å²) in [5.74, 6) is 0. The quantitative estimate of drug-likeness (QED) is 0.688. The van der Waals surface area contributed by atoms with Crippen molar-refractivity contribution in [1.82, 2.24) is 15.2 Å². The minimum absolute atomic E-state index is 1.05. The van der Waals surface area contributed by atoms with Gasteiger partial charge in [-0.05, 0) is 47.0 Å². The van der Waals surface area contributed by atoms with Crippen LogP contribution in [0.25, 0.3) is 0 Å². The van der Waals surface area contributed by atoms with Crippen molar-refractivity contribution in [1.29, 1.82) is 0 Å². The average Bonchev–Trinajstić information content (AvgIpc) is 2.69. The van der Waals surface area contributed by atoms with E-state index in [0.717, 1.165) is 13.1 Å². The van der Waals surface area contributed by atoms with Crippen LogP contribution in [0.1, 0.15) is 36.3 Å². The zero-order valence-corrected chi connectivity index (χ0v) is 12.1. The van der Waals surface area contributed by atoms with Gasteiger partial charge in [0.25, 0.3) is 0 Å². The Labute approximate surface area is 109 Å². The number of nitrogens with one attached hydrogen (secondary N) is 1. The van der Waals surface area contributed by atoms with E-state index in [0.29, 0.717) is 0 Å². The molecular weight excluding hydrogens is 230 g/mol. The summed E-state index contributed by atoms with van der Waals surface area (Å²) in [6.07, 6.45) is 5.29. The van der Waals surface area contributed by atoms with Gasteiger partial charge in [0.15, 0.2) is 0 Å². The Hall–Kier alpha value is -0.450. The first-order chi connectivity index (χ1) is 8.24. The molecule has 0 atom stereocenters. The van der Waals surface area contributed by atoms with Crippen molar-refractivity contribution in [3.63, 3.8) is 0 Å². The van der Waals surface area contributed by atoms with Crippen LogP contribution in [0.3, 0.4) is 0 Å². The Morgan fingerprint density at radius 1 is 1.29 bits per heavy atom. The maximum absolute atomic E-state index is 4.28. The molecule has 17 heavy (non-hydrogen) atoms. The summed E-state index contributed by atoms with van der Waals surface area (Å²) >= 11 is 1.77. The summed E-state index contributed by atoms with van der Waals surface area (Å²) in [4.78, 5) is 8.09. The summed E-state index contributed by atoms with van der Waals surface area (Å²) in [6, 6.07) is 0. The minimum Gasteiger partial charge on any atom is -0.320 e. The van der Waals surface area contributed by atoms with Gasteiger partial charge in [0, 0.05) is 11.4 Å². The number of nitrogens with zero attached hydrogens (tertiary/aromatic N) is 2. The number of aromatic nitrogens is 1. The summed E-state index contributed by atoms with van der Waals surface area (Å²) in [5.41, 5.74) is 3.13. The van der Waals surface area contributed by atoms with Crippen LogP contribution in [0.15, 0.2) is 5.51 Å². The van der Waals surface area contributed by atoms with E-state index in [2.05, 4.69) is 29.2 Å². The van der Waals surface area contributed by atoms with Crippen molar-refractivity contribution >= 4 is 11.3 Å². The third kappa shape index (κ3) is 6.15. The van der Waals surface area contributed by atoms with E-state index in [-0.39, 0.29) is 0 Å². The van der Waals surface area contributed by atoms with Gasteiger partial charge < -0.3 is 10.2 Å². The molecule has 0 aliphatic heterocycles. The van der Waals surface area contributed by atoms with Crippen LogP contribution < -0.4 is 5.32 Å². The molecule has 4 heteroatoms. The fourth-order valence-electron chi connectivity index (χ4n) is 1.84. The van der Waals surface area contributed by atoms with Gasteiger partial charge in [-0.25, -0.2) is 4.98 Å². The molecule has 1 heterocycles. The molecule has 1 aromatic heterocycles. The number of hydrogen-bond donors (Lipinski definition) is 1. The zero-order chi connectivity index (χ0) is 12.5. The fraction of sp³-hybridized carbons (Fsp3) is 0.769. The van der Waals surface area contributed by atoms with Crippen LogP contribution in [0.2, 0.25) is 0 Å². The van der Waals surface area contributed by atoms with Crippen molar-refractivity contribution in [2.75, 3.05) is 27.2 Å². The molecule has 0 bridgehead atoms. The Kier molecular flexibility index (Phi) is 7.40. The molecule has 0 spiro atoms. The van der Waals surface area contributed by atoms with E-state index in [1.165, 1.54) is 42.8 Å². The normalized spacial score (nSPS) is 11.3.